The lowest BCUT2D eigenvalue weighted by molar-refractivity contribution is 0.187. The van der Waals surface area contributed by atoms with Gasteiger partial charge in [-0.15, -0.1) is 11.3 Å². The van der Waals surface area contributed by atoms with E-state index in [1.807, 2.05) is 4.68 Å². The van der Waals surface area contributed by atoms with Crippen molar-refractivity contribution in [3.63, 3.8) is 0 Å². The van der Waals surface area contributed by atoms with Crippen LogP contribution in [0.2, 0.25) is 0 Å². The second-order valence-corrected chi connectivity index (χ2v) is 9.45. The lowest BCUT2D eigenvalue weighted by Crippen LogP contribution is -2.32. The molecule has 0 radical (unpaired) electrons. The summed E-state index contributed by atoms with van der Waals surface area (Å²) in [6, 6.07) is 23.6. The van der Waals surface area contributed by atoms with E-state index >= 15 is 0 Å². The SMILES string of the molecule is S=c1n(CN2CCc3ccccc3C2)nc(Cc2cccs2)n1CCc1ccccc1. The van der Waals surface area contributed by atoms with Crippen LogP contribution in [0.1, 0.15) is 27.4 Å². The Labute approximate surface area is 192 Å². The summed E-state index contributed by atoms with van der Waals surface area (Å²) in [6.07, 6.45) is 2.86. The number of hydrogen-bond acceptors (Lipinski definition) is 4. The fourth-order valence-electron chi connectivity index (χ4n) is 4.25. The number of rotatable bonds is 7. The highest BCUT2D eigenvalue weighted by molar-refractivity contribution is 7.71. The van der Waals surface area contributed by atoms with Gasteiger partial charge in [0.15, 0.2) is 4.77 Å². The Kier molecular flexibility index (Phi) is 6.11. The number of nitrogens with zero attached hydrogens (tertiary/aromatic N) is 4. The Morgan fingerprint density at radius 1 is 0.935 bits per heavy atom. The lowest BCUT2D eigenvalue weighted by Gasteiger charge is -2.28. The first-order valence-electron chi connectivity index (χ1n) is 10.8. The number of fused-ring (bicyclic) bond motifs is 1. The summed E-state index contributed by atoms with van der Waals surface area (Å²) >= 11 is 7.69. The van der Waals surface area contributed by atoms with Crippen LogP contribution in [0.15, 0.2) is 72.1 Å². The third kappa shape index (κ3) is 4.71. The molecule has 4 nitrogen and oxygen atoms in total. The molecule has 0 N–H and O–H groups in total. The van der Waals surface area contributed by atoms with E-state index in [1.54, 1.807) is 11.3 Å². The minimum Gasteiger partial charge on any atom is -0.303 e. The Hall–Kier alpha value is -2.54. The molecule has 2 aromatic carbocycles. The second kappa shape index (κ2) is 9.30. The average molecular weight is 447 g/mol. The van der Waals surface area contributed by atoms with Crippen molar-refractivity contribution in [2.75, 3.05) is 6.54 Å². The van der Waals surface area contributed by atoms with Gasteiger partial charge in [-0.3, -0.25) is 4.90 Å². The fourth-order valence-corrected chi connectivity index (χ4v) is 5.25. The first kappa shape index (κ1) is 20.4. The van der Waals surface area contributed by atoms with Crippen LogP contribution >= 0.6 is 23.6 Å². The quantitative estimate of drug-likeness (QED) is 0.359. The van der Waals surface area contributed by atoms with Crippen molar-refractivity contribution in [1.29, 1.82) is 0 Å². The third-order valence-corrected chi connectivity index (χ3v) is 7.23. The third-order valence-electron chi connectivity index (χ3n) is 5.92. The number of hydrogen-bond donors (Lipinski definition) is 0. The van der Waals surface area contributed by atoms with E-state index in [-0.39, 0.29) is 0 Å². The fraction of sp³-hybridized carbons (Fsp3) is 0.280. The van der Waals surface area contributed by atoms with E-state index in [9.17, 15) is 0 Å². The first-order valence-corrected chi connectivity index (χ1v) is 12.1. The molecule has 0 unspecified atom stereocenters. The molecule has 4 aromatic rings. The molecule has 5 rings (SSSR count). The summed E-state index contributed by atoms with van der Waals surface area (Å²) < 4.78 is 5.08. The number of aryl methyl sites for hydroxylation is 1. The zero-order chi connectivity index (χ0) is 21.0. The Bertz CT molecular complexity index is 1190. The first-order chi connectivity index (χ1) is 15.3. The van der Waals surface area contributed by atoms with Gasteiger partial charge in [-0.05, 0) is 53.2 Å². The van der Waals surface area contributed by atoms with Gasteiger partial charge in [0.05, 0.1) is 6.67 Å². The van der Waals surface area contributed by atoms with Crippen LogP contribution in [-0.4, -0.2) is 25.8 Å². The zero-order valence-electron chi connectivity index (χ0n) is 17.5. The van der Waals surface area contributed by atoms with Gasteiger partial charge in [0.1, 0.15) is 5.82 Å². The molecule has 0 fully saturated rings. The van der Waals surface area contributed by atoms with Gasteiger partial charge in [0.2, 0.25) is 0 Å². The van der Waals surface area contributed by atoms with Gasteiger partial charge in [-0.25, -0.2) is 4.68 Å². The Morgan fingerprint density at radius 2 is 1.74 bits per heavy atom. The van der Waals surface area contributed by atoms with E-state index in [4.69, 9.17) is 17.3 Å². The summed E-state index contributed by atoms with van der Waals surface area (Å²) in [7, 11) is 0. The molecule has 0 saturated carbocycles. The van der Waals surface area contributed by atoms with Crippen LogP contribution < -0.4 is 0 Å². The average Bonchev–Trinajstić information content (AvgIpc) is 3.41. The van der Waals surface area contributed by atoms with Crippen molar-refractivity contribution >= 4 is 23.6 Å². The molecule has 6 heteroatoms. The van der Waals surface area contributed by atoms with Crippen LogP contribution in [0.5, 0.6) is 0 Å². The van der Waals surface area contributed by atoms with Crippen LogP contribution in [0.4, 0.5) is 0 Å². The van der Waals surface area contributed by atoms with Gasteiger partial charge in [-0.2, -0.15) is 5.10 Å². The molecule has 0 aliphatic carbocycles. The van der Waals surface area contributed by atoms with Gasteiger partial charge >= 0.3 is 0 Å². The topological polar surface area (TPSA) is 26.0 Å². The van der Waals surface area contributed by atoms with Crippen molar-refractivity contribution in [2.45, 2.75) is 39.0 Å². The molecule has 1 aliphatic heterocycles. The number of thiophene rings is 1. The smallest absolute Gasteiger partial charge is 0.199 e. The van der Waals surface area contributed by atoms with Gasteiger partial charge in [-0.1, -0.05) is 60.7 Å². The van der Waals surface area contributed by atoms with Crippen LogP contribution in [-0.2, 0) is 39.0 Å². The van der Waals surface area contributed by atoms with Crippen LogP contribution in [0, 0.1) is 4.77 Å². The summed E-state index contributed by atoms with van der Waals surface area (Å²) in [6.45, 7) is 3.58. The van der Waals surface area contributed by atoms with E-state index in [1.165, 1.54) is 21.6 Å². The number of aromatic nitrogens is 3. The molecule has 0 bridgehead atoms. The standard InChI is InChI=1S/C25H26N4S2/c30-25-28(15-12-20-7-2-1-3-8-20)24(17-23-11-6-16-31-23)26-29(25)19-27-14-13-21-9-4-5-10-22(21)18-27/h1-11,16H,12-15,17-19H2. The van der Waals surface area contributed by atoms with Crippen molar-refractivity contribution in [1.82, 2.24) is 19.2 Å². The Balaban J connectivity index is 1.38. The van der Waals surface area contributed by atoms with Crippen molar-refractivity contribution in [2.24, 2.45) is 0 Å². The van der Waals surface area contributed by atoms with Gasteiger partial charge < -0.3 is 4.57 Å². The van der Waals surface area contributed by atoms with E-state index in [0.29, 0.717) is 0 Å². The monoisotopic (exact) mass is 446 g/mol. The van der Waals surface area contributed by atoms with Crippen LogP contribution in [0.3, 0.4) is 0 Å². The summed E-state index contributed by atoms with van der Waals surface area (Å²) in [5, 5.41) is 7.11. The van der Waals surface area contributed by atoms with E-state index < -0.39 is 0 Å². The molecule has 0 saturated heterocycles. The van der Waals surface area contributed by atoms with Gasteiger partial charge in [0.25, 0.3) is 0 Å². The predicted molar refractivity (Wildman–Crippen MR) is 129 cm³/mol. The molecule has 0 amide bonds. The molecule has 0 spiro atoms. The van der Waals surface area contributed by atoms with Gasteiger partial charge in [0, 0.05) is 30.9 Å². The maximum absolute atomic E-state index is 5.91. The largest absolute Gasteiger partial charge is 0.303 e. The van der Waals surface area contributed by atoms with E-state index in [2.05, 4.69) is 81.6 Å². The molecule has 31 heavy (non-hydrogen) atoms. The highest BCUT2D eigenvalue weighted by Gasteiger charge is 2.18. The normalized spacial score (nSPS) is 13.9. The maximum Gasteiger partial charge on any atom is 0.199 e. The lowest BCUT2D eigenvalue weighted by atomic mass is 10.0. The molecule has 3 heterocycles. The molecular weight excluding hydrogens is 420 g/mol. The highest BCUT2D eigenvalue weighted by Crippen LogP contribution is 2.20. The van der Waals surface area contributed by atoms with Crippen molar-refractivity contribution in [3.05, 3.63) is 104 Å². The second-order valence-electron chi connectivity index (χ2n) is 8.05. The number of benzene rings is 2. The van der Waals surface area contributed by atoms with Crippen LogP contribution in [0.25, 0.3) is 0 Å². The van der Waals surface area contributed by atoms with Crippen molar-refractivity contribution in [3.8, 4) is 0 Å². The maximum atomic E-state index is 5.91. The minimum atomic E-state index is 0.739. The predicted octanol–water partition coefficient (Wildman–Crippen LogP) is 5.32. The molecule has 0 atom stereocenters. The highest BCUT2D eigenvalue weighted by atomic mass is 32.1. The molecule has 158 valence electrons. The summed E-state index contributed by atoms with van der Waals surface area (Å²) in [5.41, 5.74) is 4.21. The Morgan fingerprint density at radius 3 is 2.55 bits per heavy atom. The molecule has 1 aliphatic rings. The zero-order valence-corrected chi connectivity index (χ0v) is 19.1. The summed E-state index contributed by atoms with van der Waals surface area (Å²) in [5.74, 6) is 1.06. The van der Waals surface area contributed by atoms with Crippen molar-refractivity contribution < 1.29 is 0 Å². The molecular formula is C25H26N4S2. The summed E-state index contributed by atoms with van der Waals surface area (Å²) in [4.78, 5) is 3.77. The van der Waals surface area contributed by atoms with E-state index in [0.717, 1.165) is 56.2 Å². The molecule has 2 aromatic heterocycles. The minimum absolute atomic E-state index is 0.739.